The van der Waals surface area contributed by atoms with Gasteiger partial charge in [-0.15, -0.1) is 0 Å². The van der Waals surface area contributed by atoms with Gasteiger partial charge < -0.3 is 15.7 Å². The van der Waals surface area contributed by atoms with Crippen LogP contribution in [0.15, 0.2) is 24.3 Å². The SMILES string of the molecule is Cc1cc(C)n(-c2ccc(CNC(=O)C3CC(O)CN3)c(C(F)(F)F)c2)n1. The van der Waals surface area contributed by atoms with E-state index < -0.39 is 29.8 Å². The van der Waals surface area contributed by atoms with Crippen molar-refractivity contribution in [3.63, 3.8) is 0 Å². The van der Waals surface area contributed by atoms with Gasteiger partial charge in [0.05, 0.1) is 29.1 Å². The van der Waals surface area contributed by atoms with Crippen LogP contribution in [0.3, 0.4) is 0 Å². The second-order valence-corrected chi connectivity index (χ2v) is 6.75. The average Bonchev–Trinajstić information content (AvgIpc) is 3.17. The average molecular weight is 382 g/mol. The Balaban J connectivity index is 1.82. The van der Waals surface area contributed by atoms with Crippen molar-refractivity contribution >= 4 is 5.91 Å². The predicted octanol–water partition coefficient (Wildman–Crippen LogP) is 1.85. The molecule has 0 radical (unpaired) electrons. The van der Waals surface area contributed by atoms with E-state index in [4.69, 9.17) is 0 Å². The molecule has 1 aromatic carbocycles. The molecule has 146 valence electrons. The first-order valence-corrected chi connectivity index (χ1v) is 8.58. The molecule has 1 fully saturated rings. The Hall–Kier alpha value is -2.39. The summed E-state index contributed by atoms with van der Waals surface area (Å²) in [6, 6.07) is 5.13. The predicted molar refractivity (Wildman–Crippen MR) is 92.3 cm³/mol. The van der Waals surface area contributed by atoms with Crippen molar-refractivity contribution in [3.8, 4) is 5.69 Å². The van der Waals surface area contributed by atoms with Crippen LogP contribution < -0.4 is 10.6 Å². The standard InChI is InChI=1S/C18H21F3N4O2/c1-10-5-11(2)25(24-10)13-4-3-12(15(6-13)18(19,20)21)8-23-17(27)16-7-14(26)9-22-16/h3-6,14,16,22,26H,7-9H2,1-2H3,(H,23,27). The highest BCUT2D eigenvalue weighted by Gasteiger charge is 2.34. The van der Waals surface area contributed by atoms with Crippen LogP contribution in [0.2, 0.25) is 0 Å². The number of nitrogens with zero attached hydrogens (tertiary/aromatic N) is 2. The quantitative estimate of drug-likeness (QED) is 0.754. The second-order valence-electron chi connectivity index (χ2n) is 6.75. The molecule has 2 aromatic rings. The fourth-order valence-corrected chi connectivity index (χ4v) is 3.23. The Kier molecular flexibility index (Phi) is 5.25. The number of hydrogen-bond donors (Lipinski definition) is 3. The molecule has 3 rings (SSSR count). The minimum atomic E-state index is -4.56. The van der Waals surface area contributed by atoms with E-state index in [0.717, 1.165) is 11.8 Å². The number of amides is 1. The number of carbonyl (C=O) groups excluding carboxylic acids is 1. The molecule has 2 atom stereocenters. The minimum absolute atomic E-state index is 0.0281. The number of halogens is 3. The summed E-state index contributed by atoms with van der Waals surface area (Å²) in [5.74, 6) is -0.428. The molecule has 27 heavy (non-hydrogen) atoms. The van der Waals surface area contributed by atoms with Crippen LogP contribution in [0.5, 0.6) is 0 Å². The van der Waals surface area contributed by atoms with Gasteiger partial charge in [-0.2, -0.15) is 18.3 Å². The molecule has 0 aliphatic carbocycles. The molecule has 1 aliphatic rings. The first-order valence-electron chi connectivity index (χ1n) is 8.58. The molecule has 0 bridgehead atoms. The van der Waals surface area contributed by atoms with Crippen LogP contribution in [0.4, 0.5) is 13.2 Å². The summed E-state index contributed by atoms with van der Waals surface area (Å²) in [5.41, 5.74) is 0.909. The molecule has 1 saturated heterocycles. The number of nitrogens with one attached hydrogen (secondary N) is 2. The summed E-state index contributed by atoms with van der Waals surface area (Å²) in [6.07, 6.45) is -4.94. The van der Waals surface area contributed by atoms with Gasteiger partial charge >= 0.3 is 6.18 Å². The zero-order valence-corrected chi connectivity index (χ0v) is 15.0. The normalized spacial score (nSPS) is 20.1. The summed E-state index contributed by atoms with van der Waals surface area (Å²) in [6.45, 7) is 3.58. The number of rotatable bonds is 4. The van der Waals surface area contributed by atoms with Crippen molar-refractivity contribution in [2.75, 3.05) is 6.54 Å². The molecule has 9 heteroatoms. The zero-order valence-electron chi connectivity index (χ0n) is 15.0. The van der Waals surface area contributed by atoms with Crippen LogP contribution in [-0.4, -0.2) is 39.5 Å². The van der Waals surface area contributed by atoms with E-state index in [1.54, 1.807) is 26.0 Å². The number of alkyl halides is 3. The van der Waals surface area contributed by atoms with Crippen molar-refractivity contribution < 1.29 is 23.1 Å². The molecule has 6 nitrogen and oxygen atoms in total. The van der Waals surface area contributed by atoms with Crippen molar-refractivity contribution in [1.82, 2.24) is 20.4 Å². The van der Waals surface area contributed by atoms with Crippen molar-refractivity contribution in [2.24, 2.45) is 0 Å². The van der Waals surface area contributed by atoms with Gasteiger partial charge in [-0.25, -0.2) is 4.68 Å². The van der Waals surface area contributed by atoms with E-state index in [-0.39, 0.29) is 18.5 Å². The largest absolute Gasteiger partial charge is 0.416 e. The lowest BCUT2D eigenvalue weighted by Crippen LogP contribution is -2.40. The molecule has 1 aliphatic heterocycles. The Labute approximate surface area is 154 Å². The molecule has 0 saturated carbocycles. The highest BCUT2D eigenvalue weighted by atomic mass is 19.4. The van der Waals surface area contributed by atoms with E-state index in [1.165, 1.54) is 10.7 Å². The van der Waals surface area contributed by atoms with Gasteiger partial charge in [-0.3, -0.25) is 4.79 Å². The number of aliphatic hydroxyl groups is 1. The molecule has 1 aromatic heterocycles. The zero-order chi connectivity index (χ0) is 19.8. The maximum Gasteiger partial charge on any atom is 0.416 e. The molecular formula is C18H21F3N4O2. The monoisotopic (exact) mass is 382 g/mol. The summed E-state index contributed by atoms with van der Waals surface area (Å²) in [7, 11) is 0. The lowest BCUT2D eigenvalue weighted by molar-refractivity contribution is -0.138. The van der Waals surface area contributed by atoms with Gasteiger partial charge in [0, 0.05) is 18.8 Å². The number of benzene rings is 1. The Bertz CT molecular complexity index is 848. The summed E-state index contributed by atoms with van der Waals surface area (Å²) < 4.78 is 42.1. The van der Waals surface area contributed by atoms with Crippen LogP contribution in [-0.2, 0) is 17.5 Å². The van der Waals surface area contributed by atoms with Crippen molar-refractivity contribution in [3.05, 3.63) is 46.8 Å². The van der Waals surface area contributed by atoms with E-state index in [2.05, 4.69) is 15.7 Å². The third-order valence-corrected chi connectivity index (χ3v) is 4.53. The van der Waals surface area contributed by atoms with E-state index in [0.29, 0.717) is 17.9 Å². The summed E-state index contributed by atoms with van der Waals surface area (Å²) in [4.78, 5) is 12.1. The van der Waals surface area contributed by atoms with Gasteiger partial charge in [-0.05, 0) is 44.0 Å². The first-order chi connectivity index (χ1) is 12.6. The maximum atomic E-state index is 13.5. The number of hydrogen-bond acceptors (Lipinski definition) is 4. The number of aryl methyl sites for hydroxylation is 2. The fourth-order valence-electron chi connectivity index (χ4n) is 3.23. The summed E-state index contributed by atoms with van der Waals surface area (Å²) >= 11 is 0. The number of carbonyl (C=O) groups is 1. The van der Waals surface area contributed by atoms with Crippen LogP contribution in [0.1, 0.15) is 28.9 Å². The summed E-state index contributed by atoms with van der Waals surface area (Å²) in [5, 5.41) is 19.0. The van der Waals surface area contributed by atoms with E-state index in [1.807, 2.05) is 0 Å². The second kappa shape index (κ2) is 7.32. The van der Waals surface area contributed by atoms with Gasteiger partial charge in [-0.1, -0.05) is 6.07 Å². The first kappa shape index (κ1) is 19.4. The number of β-amino-alcohol motifs (C(OH)–C–C–N with tert-alkyl or cyclic N) is 1. The lowest BCUT2D eigenvalue weighted by Gasteiger charge is -2.17. The minimum Gasteiger partial charge on any atom is -0.392 e. The van der Waals surface area contributed by atoms with E-state index in [9.17, 15) is 23.1 Å². The highest BCUT2D eigenvalue weighted by Crippen LogP contribution is 2.33. The van der Waals surface area contributed by atoms with E-state index >= 15 is 0 Å². The van der Waals surface area contributed by atoms with Crippen molar-refractivity contribution in [1.29, 1.82) is 0 Å². The molecule has 2 heterocycles. The fraction of sp³-hybridized carbons (Fsp3) is 0.444. The van der Waals surface area contributed by atoms with Gasteiger partial charge in [0.2, 0.25) is 5.91 Å². The van der Waals surface area contributed by atoms with Gasteiger partial charge in [0.1, 0.15) is 0 Å². The molecule has 2 unspecified atom stereocenters. The molecule has 3 N–H and O–H groups in total. The Morgan fingerprint density at radius 1 is 1.37 bits per heavy atom. The maximum absolute atomic E-state index is 13.5. The Morgan fingerprint density at radius 2 is 2.11 bits per heavy atom. The smallest absolute Gasteiger partial charge is 0.392 e. The van der Waals surface area contributed by atoms with Crippen LogP contribution in [0, 0.1) is 13.8 Å². The van der Waals surface area contributed by atoms with Crippen molar-refractivity contribution in [2.45, 2.75) is 45.1 Å². The van der Waals surface area contributed by atoms with Crippen LogP contribution >= 0.6 is 0 Å². The van der Waals surface area contributed by atoms with Gasteiger partial charge in [0.25, 0.3) is 0 Å². The number of aliphatic hydroxyl groups excluding tert-OH is 1. The highest BCUT2D eigenvalue weighted by molar-refractivity contribution is 5.82. The molecule has 1 amide bonds. The van der Waals surface area contributed by atoms with Gasteiger partial charge in [0.15, 0.2) is 0 Å². The lowest BCUT2D eigenvalue weighted by atomic mass is 10.1. The number of aromatic nitrogens is 2. The topological polar surface area (TPSA) is 79.2 Å². The third kappa shape index (κ3) is 4.30. The Morgan fingerprint density at radius 3 is 2.67 bits per heavy atom. The third-order valence-electron chi connectivity index (χ3n) is 4.53. The molecular weight excluding hydrogens is 361 g/mol. The van der Waals surface area contributed by atoms with Crippen LogP contribution in [0.25, 0.3) is 5.69 Å². The molecule has 0 spiro atoms.